The zero-order valence-electron chi connectivity index (χ0n) is 13.9. The lowest BCUT2D eigenvalue weighted by molar-refractivity contribution is 0.571. The molecular weight excluding hydrogens is 292 g/mol. The van der Waals surface area contributed by atoms with E-state index in [1.165, 1.54) is 24.1 Å². The molecule has 0 radical (unpaired) electrons. The first kappa shape index (κ1) is 15.4. The van der Waals surface area contributed by atoms with Gasteiger partial charge >= 0.3 is 0 Å². The van der Waals surface area contributed by atoms with Crippen molar-refractivity contribution < 1.29 is 0 Å². The van der Waals surface area contributed by atoms with E-state index >= 15 is 0 Å². The van der Waals surface area contributed by atoms with Gasteiger partial charge in [0.15, 0.2) is 0 Å². The molecule has 0 aliphatic heterocycles. The molecule has 0 saturated heterocycles. The minimum absolute atomic E-state index is 0.111. The smallest absolute Gasteiger partial charge is 0.133 e. The van der Waals surface area contributed by atoms with Gasteiger partial charge in [0.05, 0.1) is 12.2 Å². The summed E-state index contributed by atoms with van der Waals surface area (Å²) < 4.78 is 0. The van der Waals surface area contributed by atoms with Gasteiger partial charge in [0.1, 0.15) is 16.6 Å². The lowest BCUT2D eigenvalue weighted by Gasteiger charge is -2.19. The molecule has 0 bridgehead atoms. The molecule has 5 heteroatoms. The van der Waals surface area contributed by atoms with Crippen LogP contribution < -0.4 is 5.32 Å². The molecule has 0 saturated carbocycles. The van der Waals surface area contributed by atoms with Crippen LogP contribution in [-0.2, 0) is 24.8 Å². The summed E-state index contributed by atoms with van der Waals surface area (Å²) in [6.07, 6.45) is 4.64. The van der Waals surface area contributed by atoms with Gasteiger partial charge in [-0.2, -0.15) is 0 Å². The second-order valence-corrected chi connectivity index (χ2v) is 7.92. The normalized spacial score (nSPS) is 14.7. The number of nitrogens with zero attached hydrogens (tertiary/aromatic N) is 3. The molecule has 2 heterocycles. The molecule has 22 heavy (non-hydrogen) atoms. The van der Waals surface area contributed by atoms with E-state index in [9.17, 15) is 0 Å². The summed E-state index contributed by atoms with van der Waals surface area (Å²) in [4.78, 5) is 14.0. The van der Waals surface area contributed by atoms with Crippen LogP contribution in [0.1, 0.15) is 61.4 Å². The van der Waals surface area contributed by atoms with E-state index in [0.717, 1.165) is 41.7 Å². The number of aryl methyl sites for hydroxylation is 2. The molecule has 0 aromatic carbocycles. The minimum Gasteiger partial charge on any atom is -0.363 e. The van der Waals surface area contributed by atoms with Crippen molar-refractivity contribution in [2.45, 2.75) is 65.3 Å². The molecule has 1 N–H and O–H groups in total. The monoisotopic (exact) mass is 316 g/mol. The van der Waals surface area contributed by atoms with E-state index in [4.69, 9.17) is 4.98 Å². The van der Waals surface area contributed by atoms with E-state index in [2.05, 4.69) is 41.4 Å². The van der Waals surface area contributed by atoms with Crippen LogP contribution in [0, 0.1) is 6.92 Å². The Kier molecular flexibility index (Phi) is 4.17. The van der Waals surface area contributed by atoms with E-state index in [1.54, 1.807) is 11.3 Å². The van der Waals surface area contributed by atoms with Crippen LogP contribution in [0.3, 0.4) is 0 Å². The SMILES string of the molecule is Cc1nc2c(c(NCc3nc(C(C)(C)C)cs3)n1)CCCC2. The summed E-state index contributed by atoms with van der Waals surface area (Å²) in [6, 6.07) is 0. The molecular formula is C17H24N4S. The maximum absolute atomic E-state index is 4.74. The molecule has 0 fully saturated rings. The summed E-state index contributed by atoms with van der Waals surface area (Å²) in [5, 5.41) is 6.77. The van der Waals surface area contributed by atoms with Gasteiger partial charge in [0.25, 0.3) is 0 Å². The predicted molar refractivity (Wildman–Crippen MR) is 91.6 cm³/mol. The van der Waals surface area contributed by atoms with Gasteiger partial charge in [-0.05, 0) is 32.6 Å². The van der Waals surface area contributed by atoms with Crippen LogP contribution >= 0.6 is 11.3 Å². The Labute approximate surface area is 136 Å². The van der Waals surface area contributed by atoms with Crippen molar-refractivity contribution in [2.75, 3.05) is 5.32 Å². The van der Waals surface area contributed by atoms with Gasteiger partial charge in [-0.3, -0.25) is 0 Å². The number of fused-ring (bicyclic) bond motifs is 1. The molecule has 2 aromatic heterocycles. The largest absolute Gasteiger partial charge is 0.363 e. The zero-order chi connectivity index (χ0) is 15.7. The quantitative estimate of drug-likeness (QED) is 0.929. The summed E-state index contributed by atoms with van der Waals surface area (Å²) in [5.74, 6) is 1.87. The first-order valence-corrected chi connectivity index (χ1v) is 8.86. The van der Waals surface area contributed by atoms with Crippen LogP contribution in [0.25, 0.3) is 0 Å². The van der Waals surface area contributed by atoms with Crippen molar-refractivity contribution in [3.05, 3.63) is 33.2 Å². The fourth-order valence-electron chi connectivity index (χ4n) is 2.76. The molecule has 0 unspecified atom stereocenters. The van der Waals surface area contributed by atoms with Gasteiger partial charge in [-0.25, -0.2) is 15.0 Å². The highest BCUT2D eigenvalue weighted by molar-refractivity contribution is 7.09. The Morgan fingerprint density at radius 3 is 2.64 bits per heavy atom. The fourth-order valence-corrected chi connectivity index (χ4v) is 3.72. The van der Waals surface area contributed by atoms with Crippen LogP contribution in [-0.4, -0.2) is 15.0 Å². The third-order valence-electron chi connectivity index (χ3n) is 4.02. The molecule has 2 aromatic rings. The van der Waals surface area contributed by atoms with Crippen LogP contribution in [0.5, 0.6) is 0 Å². The number of nitrogens with one attached hydrogen (secondary N) is 1. The van der Waals surface area contributed by atoms with Crippen LogP contribution in [0.2, 0.25) is 0 Å². The maximum Gasteiger partial charge on any atom is 0.133 e. The highest BCUT2D eigenvalue weighted by atomic mass is 32.1. The van der Waals surface area contributed by atoms with E-state index in [1.807, 2.05) is 6.92 Å². The molecule has 1 aliphatic rings. The van der Waals surface area contributed by atoms with Gasteiger partial charge < -0.3 is 5.32 Å². The van der Waals surface area contributed by atoms with E-state index in [-0.39, 0.29) is 5.41 Å². The van der Waals surface area contributed by atoms with Crippen molar-refractivity contribution >= 4 is 17.2 Å². The van der Waals surface area contributed by atoms with Gasteiger partial charge in [-0.1, -0.05) is 20.8 Å². The third kappa shape index (κ3) is 3.29. The highest BCUT2D eigenvalue weighted by Crippen LogP contribution is 2.27. The Hall–Kier alpha value is -1.49. The molecule has 1 aliphatic carbocycles. The summed E-state index contributed by atoms with van der Waals surface area (Å²) in [7, 11) is 0. The second-order valence-electron chi connectivity index (χ2n) is 6.98. The number of hydrogen-bond acceptors (Lipinski definition) is 5. The number of aromatic nitrogens is 3. The lowest BCUT2D eigenvalue weighted by Crippen LogP contribution is -2.14. The predicted octanol–water partition coefficient (Wildman–Crippen LogP) is 4.03. The first-order chi connectivity index (χ1) is 10.4. The second kappa shape index (κ2) is 5.95. The van der Waals surface area contributed by atoms with Crippen molar-refractivity contribution in [1.82, 2.24) is 15.0 Å². The topological polar surface area (TPSA) is 50.7 Å². The average Bonchev–Trinajstić information content (AvgIpc) is 2.93. The minimum atomic E-state index is 0.111. The average molecular weight is 316 g/mol. The Bertz CT molecular complexity index is 670. The molecule has 0 spiro atoms. The molecule has 118 valence electrons. The van der Waals surface area contributed by atoms with Crippen molar-refractivity contribution in [3.8, 4) is 0 Å². The van der Waals surface area contributed by atoms with Crippen LogP contribution in [0.15, 0.2) is 5.38 Å². The lowest BCUT2D eigenvalue weighted by atomic mass is 9.93. The van der Waals surface area contributed by atoms with E-state index in [0.29, 0.717) is 0 Å². The van der Waals surface area contributed by atoms with E-state index < -0.39 is 0 Å². The molecule has 3 rings (SSSR count). The Morgan fingerprint density at radius 1 is 1.14 bits per heavy atom. The number of thiazole rings is 1. The number of anilines is 1. The highest BCUT2D eigenvalue weighted by Gasteiger charge is 2.19. The van der Waals surface area contributed by atoms with Crippen molar-refractivity contribution in [1.29, 1.82) is 0 Å². The third-order valence-corrected chi connectivity index (χ3v) is 4.87. The summed E-state index contributed by atoms with van der Waals surface area (Å²) in [5.41, 5.74) is 3.81. The van der Waals surface area contributed by atoms with Crippen molar-refractivity contribution in [3.63, 3.8) is 0 Å². The van der Waals surface area contributed by atoms with Gasteiger partial charge in [0, 0.05) is 22.1 Å². The van der Waals surface area contributed by atoms with Gasteiger partial charge in [-0.15, -0.1) is 11.3 Å². The zero-order valence-corrected chi connectivity index (χ0v) is 14.7. The van der Waals surface area contributed by atoms with Gasteiger partial charge in [0.2, 0.25) is 0 Å². The fraction of sp³-hybridized carbons (Fsp3) is 0.588. The number of hydrogen-bond donors (Lipinski definition) is 1. The Morgan fingerprint density at radius 2 is 1.91 bits per heavy atom. The van der Waals surface area contributed by atoms with Crippen molar-refractivity contribution in [2.24, 2.45) is 0 Å². The molecule has 0 amide bonds. The maximum atomic E-state index is 4.74. The van der Waals surface area contributed by atoms with Crippen LogP contribution in [0.4, 0.5) is 5.82 Å². The first-order valence-electron chi connectivity index (χ1n) is 7.98. The molecule has 0 atom stereocenters. The number of rotatable bonds is 3. The summed E-state index contributed by atoms with van der Waals surface area (Å²) >= 11 is 1.72. The Balaban J connectivity index is 1.77. The summed E-state index contributed by atoms with van der Waals surface area (Å²) in [6.45, 7) is 9.31. The molecule has 4 nitrogen and oxygen atoms in total. The standard InChI is InChI=1S/C17H24N4S/c1-11-19-13-8-6-5-7-12(13)16(20-11)18-9-15-21-14(10-22-15)17(2,3)4/h10H,5-9H2,1-4H3,(H,18,19,20).